The van der Waals surface area contributed by atoms with Crippen LogP contribution in [0.1, 0.15) is 13.3 Å². The predicted octanol–water partition coefficient (Wildman–Crippen LogP) is -0.141. The highest BCUT2D eigenvalue weighted by atomic mass is 16.4. The average molecular weight is 198 g/mol. The first-order valence-corrected chi connectivity index (χ1v) is 4.69. The van der Waals surface area contributed by atoms with Crippen molar-refractivity contribution in [2.45, 2.75) is 19.4 Å². The van der Waals surface area contributed by atoms with E-state index >= 15 is 0 Å². The van der Waals surface area contributed by atoms with Crippen LogP contribution in [0.25, 0.3) is 0 Å². The summed E-state index contributed by atoms with van der Waals surface area (Å²) < 4.78 is 5.13. The molecule has 6 nitrogen and oxygen atoms in total. The van der Waals surface area contributed by atoms with Gasteiger partial charge < -0.3 is 20.2 Å². The standard InChI is InChI=1S/C8H14N4O2/c1-5-6(4-13)2-3-12(5)8-11-10-7(9)14-8/h5-6,13H,2-4H2,1H3,(H2,9,10). The van der Waals surface area contributed by atoms with E-state index in [9.17, 15) is 0 Å². The molecule has 3 N–H and O–H groups in total. The Hall–Kier alpha value is -1.30. The second kappa shape index (κ2) is 3.45. The predicted molar refractivity (Wildman–Crippen MR) is 50.7 cm³/mol. The molecule has 2 atom stereocenters. The molecule has 0 aliphatic carbocycles. The van der Waals surface area contributed by atoms with Crippen LogP contribution in [0.3, 0.4) is 0 Å². The summed E-state index contributed by atoms with van der Waals surface area (Å²) in [6.07, 6.45) is 0.944. The van der Waals surface area contributed by atoms with Crippen LogP contribution in [0.4, 0.5) is 12.0 Å². The topological polar surface area (TPSA) is 88.4 Å². The van der Waals surface area contributed by atoms with Gasteiger partial charge in [0, 0.05) is 25.1 Å². The molecule has 1 aromatic heterocycles. The van der Waals surface area contributed by atoms with E-state index in [1.165, 1.54) is 0 Å². The zero-order chi connectivity index (χ0) is 10.1. The number of aliphatic hydroxyl groups is 1. The van der Waals surface area contributed by atoms with Gasteiger partial charge in [0.1, 0.15) is 0 Å². The molecule has 2 unspecified atom stereocenters. The van der Waals surface area contributed by atoms with Crippen molar-refractivity contribution < 1.29 is 9.52 Å². The Bertz CT molecular complexity index is 314. The van der Waals surface area contributed by atoms with Crippen molar-refractivity contribution in [3.8, 4) is 0 Å². The van der Waals surface area contributed by atoms with Crippen LogP contribution in [0.5, 0.6) is 0 Å². The molecule has 1 saturated heterocycles. The van der Waals surface area contributed by atoms with Crippen LogP contribution in [-0.2, 0) is 0 Å². The van der Waals surface area contributed by atoms with Gasteiger partial charge in [0.25, 0.3) is 0 Å². The SMILES string of the molecule is CC1C(CO)CCN1c1nnc(N)o1. The lowest BCUT2D eigenvalue weighted by molar-refractivity contribution is 0.221. The van der Waals surface area contributed by atoms with Crippen LogP contribution < -0.4 is 10.6 Å². The largest absolute Gasteiger partial charge is 0.396 e. The molecule has 0 saturated carbocycles. The molecule has 2 rings (SSSR count). The lowest BCUT2D eigenvalue weighted by Gasteiger charge is -2.21. The number of nitrogen functional groups attached to an aromatic ring is 1. The third-order valence-corrected chi connectivity index (χ3v) is 2.82. The Labute approximate surface area is 81.7 Å². The summed E-state index contributed by atoms with van der Waals surface area (Å²) in [5.41, 5.74) is 5.34. The molecule has 0 spiro atoms. The fraction of sp³-hybridized carbons (Fsp3) is 0.750. The van der Waals surface area contributed by atoms with Gasteiger partial charge in [-0.1, -0.05) is 10.2 Å². The maximum absolute atomic E-state index is 9.09. The van der Waals surface area contributed by atoms with Gasteiger partial charge in [-0.25, -0.2) is 0 Å². The zero-order valence-electron chi connectivity index (χ0n) is 8.05. The van der Waals surface area contributed by atoms with Gasteiger partial charge >= 0.3 is 12.0 Å². The number of anilines is 2. The molecular formula is C8H14N4O2. The maximum Gasteiger partial charge on any atom is 0.319 e. The Morgan fingerprint density at radius 2 is 2.43 bits per heavy atom. The highest BCUT2D eigenvalue weighted by Crippen LogP contribution is 2.28. The Morgan fingerprint density at radius 1 is 1.64 bits per heavy atom. The van der Waals surface area contributed by atoms with Gasteiger partial charge in [-0.3, -0.25) is 0 Å². The lowest BCUT2D eigenvalue weighted by atomic mass is 10.0. The van der Waals surface area contributed by atoms with E-state index in [4.69, 9.17) is 15.3 Å². The molecule has 6 heteroatoms. The van der Waals surface area contributed by atoms with Gasteiger partial charge in [-0.15, -0.1) is 0 Å². The minimum Gasteiger partial charge on any atom is -0.396 e. The van der Waals surface area contributed by atoms with Gasteiger partial charge in [0.15, 0.2) is 0 Å². The molecule has 0 amide bonds. The minimum atomic E-state index is 0.0830. The molecule has 2 heterocycles. The fourth-order valence-electron chi connectivity index (χ4n) is 1.86. The van der Waals surface area contributed by atoms with Crippen LogP contribution in [0.2, 0.25) is 0 Å². The molecule has 0 aromatic carbocycles. The van der Waals surface area contributed by atoms with Crippen molar-refractivity contribution in [2.75, 3.05) is 23.8 Å². The van der Waals surface area contributed by atoms with Crippen LogP contribution in [0, 0.1) is 5.92 Å². The van der Waals surface area contributed by atoms with Crippen molar-refractivity contribution in [3.05, 3.63) is 0 Å². The van der Waals surface area contributed by atoms with E-state index in [0.717, 1.165) is 13.0 Å². The Balaban J connectivity index is 2.13. The summed E-state index contributed by atoms with van der Waals surface area (Å²) in [7, 11) is 0. The van der Waals surface area contributed by atoms with Gasteiger partial charge in [-0.2, -0.15) is 0 Å². The van der Waals surface area contributed by atoms with Crippen LogP contribution in [-0.4, -0.2) is 34.5 Å². The summed E-state index contributed by atoms with van der Waals surface area (Å²) in [4.78, 5) is 1.98. The van der Waals surface area contributed by atoms with E-state index in [0.29, 0.717) is 6.01 Å². The molecule has 1 aliphatic heterocycles. The van der Waals surface area contributed by atoms with Crippen molar-refractivity contribution in [1.29, 1.82) is 0 Å². The Morgan fingerprint density at radius 3 is 2.93 bits per heavy atom. The summed E-state index contributed by atoms with van der Waals surface area (Å²) >= 11 is 0. The second-order valence-electron chi connectivity index (χ2n) is 3.59. The van der Waals surface area contributed by atoms with E-state index in [1.807, 2.05) is 11.8 Å². The average Bonchev–Trinajstić information content (AvgIpc) is 2.72. The van der Waals surface area contributed by atoms with E-state index < -0.39 is 0 Å². The van der Waals surface area contributed by atoms with Gasteiger partial charge in [0.2, 0.25) is 0 Å². The number of hydrogen-bond acceptors (Lipinski definition) is 6. The number of rotatable bonds is 2. The van der Waals surface area contributed by atoms with Crippen molar-refractivity contribution >= 4 is 12.0 Å². The lowest BCUT2D eigenvalue weighted by Crippen LogP contribution is -2.31. The normalized spacial score (nSPS) is 27.1. The molecule has 14 heavy (non-hydrogen) atoms. The first-order chi connectivity index (χ1) is 6.72. The van der Waals surface area contributed by atoms with Crippen molar-refractivity contribution in [1.82, 2.24) is 10.2 Å². The van der Waals surface area contributed by atoms with Crippen LogP contribution >= 0.6 is 0 Å². The number of aliphatic hydroxyl groups excluding tert-OH is 1. The third-order valence-electron chi connectivity index (χ3n) is 2.82. The summed E-state index contributed by atoms with van der Waals surface area (Å²) in [6.45, 7) is 3.06. The van der Waals surface area contributed by atoms with Gasteiger partial charge in [-0.05, 0) is 13.3 Å². The summed E-state index contributed by atoms with van der Waals surface area (Å²) in [5.74, 6) is 0.281. The van der Waals surface area contributed by atoms with E-state index in [2.05, 4.69) is 10.2 Å². The molecular weight excluding hydrogens is 184 g/mol. The highest BCUT2D eigenvalue weighted by Gasteiger charge is 2.32. The number of nitrogens with two attached hydrogens (primary N) is 1. The summed E-state index contributed by atoms with van der Waals surface area (Å²) in [5, 5.41) is 16.5. The molecule has 0 radical (unpaired) electrons. The molecule has 1 aliphatic rings. The number of hydrogen-bond donors (Lipinski definition) is 2. The first-order valence-electron chi connectivity index (χ1n) is 4.69. The Kier molecular flexibility index (Phi) is 2.28. The molecule has 0 bridgehead atoms. The number of aromatic nitrogens is 2. The zero-order valence-corrected chi connectivity index (χ0v) is 8.05. The molecule has 78 valence electrons. The van der Waals surface area contributed by atoms with Gasteiger partial charge in [0.05, 0.1) is 0 Å². The quantitative estimate of drug-likeness (QED) is 0.687. The first kappa shape index (κ1) is 9.26. The fourth-order valence-corrected chi connectivity index (χ4v) is 1.86. The number of nitrogens with zero attached hydrogens (tertiary/aromatic N) is 3. The van der Waals surface area contributed by atoms with Crippen molar-refractivity contribution in [2.24, 2.45) is 5.92 Å². The van der Waals surface area contributed by atoms with Crippen molar-refractivity contribution in [3.63, 3.8) is 0 Å². The maximum atomic E-state index is 9.09. The smallest absolute Gasteiger partial charge is 0.319 e. The summed E-state index contributed by atoms with van der Waals surface area (Å²) in [6, 6.07) is 0.755. The minimum absolute atomic E-state index is 0.0830. The molecule has 1 fully saturated rings. The van der Waals surface area contributed by atoms with E-state index in [1.54, 1.807) is 0 Å². The molecule has 1 aromatic rings. The van der Waals surface area contributed by atoms with E-state index in [-0.39, 0.29) is 24.6 Å². The monoisotopic (exact) mass is 198 g/mol. The second-order valence-corrected chi connectivity index (χ2v) is 3.59. The van der Waals surface area contributed by atoms with Crippen LogP contribution in [0.15, 0.2) is 4.42 Å². The highest BCUT2D eigenvalue weighted by molar-refractivity contribution is 5.31. The third kappa shape index (κ3) is 1.41.